The molecular weight excluding hydrogens is 252 g/mol. The van der Waals surface area contributed by atoms with E-state index in [0.29, 0.717) is 6.42 Å². The molecule has 108 valence electrons. The lowest BCUT2D eigenvalue weighted by Crippen LogP contribution is -2.47. The number of rotatable bonds is 3. The summed E-state index contributed by atoms with van der Waals surface area (Å²) in [5, 5.41) is 3.36. The third-order valence-electron chi connectivity index (χ3n) is 4.24. The topological polar surface area (TPSA) is 41.6 Å². The maximum absolute atomic E-state index is 12.2. The standard InChI is InChI=1S/C16H22N2O2/c1-16(6-9-18-10-7-17-8-11-18)12-14(19)13-4-2-3-5-15(13)20-16/h2-5,17H,6-12H2,1H3. The Morgan fingerprint density at radius 2 is 2.05 bits per heavy atom. The van der Waals surface area contributed by atoms with Crippen LogP contribution in [0.25, 0.3) is 0 Å². The maximum atomic E-state index is 12.2. The Bertz CT molecular complexity index is 497. The van der Waals surface area contributed by atoms with Crippen molar-refractivity contribution in [2.45, 2.75) is 25.4 Å². The van der Waals surface area contributed by atoms with Crippen molar-refractivity contribution < 1.29 is 9.53 Å². The van der Waals surface area contributed by atoms with Gasteiger partial charge in [0, 0.05) is 32.7 Å². The molecule has 0 aromatic heterocycles. The highest BCUT2D eigenvalue weighted by Crippen LogP contribution is 2.34. The van der Waals surface area contributed by atoms with E-state index in [1.54, 1.807) is 0 Å². The summed E-state index contributed by atoms with van der Waals surface area (Å²) >= 11 is 0. The molecule has 20 heavy (non-hydrogen) atoms. The van der Waals surface area contributed by atoms with Crippen molar-refractivity contribution in [1.82, 2.24) is 10.2 Å². The number of benzene rings is 1. The molecule has 0 spiro atoms. The van der Waals surface area contributed by atoms with Gasteiger partial charge in [0.1, 0.15) is 11.4 Å². The number of ether oxygens (including phenoxy) is 1. The molecule has 0 radical (unpaired) electrons. The van der Waals surface area contributed by atoms with Crippen LogP contribution in [0.5, 0.6) is 5.75 Å². The van der Waals surface area contributed by atoms with Crippen molar-refractivity contribution in [3.63, 3.8) is 0 Å². The second-order valence-electron chi connectivity index (χ2n) is 5.99. The average molecular weight is 274 g/mol. The first kappa shape index (κ1) is 13.6. The molecule has 2 aliphatic heterocycles. The first-order chi connectivity index (χ1) is 9.66. The highest BCUT2D eigenvalue weighted by Gasteiger charge is 2.36. The van der Waals surface area contributed by atoms with Crippen LogP contribution in [0.3, 0.4) is 0 Å². The smallest absolute Gasteiger partial charge is 0.170 e. The number of para-hydroxylation sites is 1. The summed E-state index contributed by atoms with van der Waals surface area (Å²) in [5.41, 5.74) is 0.364. The zero-order valence-corrected chi connectivity index (χ0v) is 12.0. The van der Waals surface area contributed by atoms with Crippen molar-refractivity contribution in [2.75, 3.05) is 32.7 Å². The fourth-order valence-corrected chi connectivity index (χ4v) is 2.99. The summed E-state index contributed by atoms with van der Waals surface area (Å²) in [5.74, 6) is 0.946. The molecule has 1 aromatic carbocycles. The Kier molecular flexibility index (Phi) is 3.76. The fraction of sp³-hybridized carbons (Fsp3) is 0.562. The summed E-state index contributed by atoms with van der Waals surface area (Å²) in [6.45, 7) is 7.33. The minimum absolute atomic E-state index is 0.203. The van der Waals surface area contributed by atoms with Crippen LogP contribution in [0.2, 0.25) is 0 Å². The Balaban J connectivity index is 1.66. The van der Waals surface area contributed by atoms with Crippen LogP contribution in [0.1, 0.15) is 30.1 Å². The fourth-order valence-electron chi connectivity index (χ4n) is 2.99. The number of carbonyl (C=O) groups is 1. The van der Waals surface area contributed by atoms with Gasteiger partial charge in [-0.25, -0.2) is 0 Å². The lowest BCUT2D eigenvalue weighted by molar-refractivity contribution is 0.0387. The second-order valence-corrected chi connectivity index (χ2v) is 5.99. The Labute approximate surface area is 120 Å². The summed E-state index contributed by atoms with van der Waals surface area (Å²) < 4.78 is 6.12. The van der Waals surface area contributed by atoms with Gasteiger partial charge in [-0.3, -0.25) is 4.79 Å². The van der Waals surface area contributed by atoms with Crippen LogP contribution in [-0.4, -0.2) is 49.0 Å². The molecule has 0 amide bonds. The van der Waals surface area contributed by atoms with Crippen molar-refractivity contribution in [3.8, 4) is 5.75 Å². The highest BCUT2D eigenvalue weighted by atomic mass is 16.5. The van der Waals surface area contributed by atoms with E-state index in [2.05, 4.69) is 17.1 Å². The van der Waals surface area contributed by atoms with E-state index < -0.39 is 0 Å². The maximum Gasteiger partial charge on any atom is 0.170 e. The van der Waals surface area contributed by atoms with Crippen molar-refractivity contribution in [1.29, 1.82) is 0 Å². The van der Waals surface area contributed by atoms with Crippen LogP contribution in [0.15, 0.2) is 24.3 Å². The van der Waals surface area contributed by atoms with Crippen LogP contribution in [0, 0.1) is 0 Å². The van der Waals surface area contributed by atoms with Gasteiger partial charge in [0.2, 0.25) is 0 Å². The Hall–Kier alpha value is -1.39. The second kappa shape index (κ2) is 5.54. The van der Waals surface area contributed by atoms with Gasteiger partial charge in [0.25, 0.3) is 0 Å². The van der Waals surface area contributed by atoms with Gasteiger partial charge in [-0.2, -0.15) is 0 Å². The molecule has 4 nitrogen and oxygen atoms in total. The lowest BCUT2D eigenvalue weighted by atomic mass is 9.89. The van der Waals surface area contributed by atoms with Crippen LogP contribution in [0.4, 0.5) is 0 Å². The van der Waals surface area contributed by atoms with Crippen LogP contribution in [-0.2, 0) is 0 Å². The zero-order valence-electron chi connectivity index (χ0n) is 12.0. The van der Waals surface area contributed by atoms with Crippen molar-refractivity contribution >= 4 is 5.78 Å². The monoisotopic (exact) mass is 274 g/mol. The van der Waals surface area contributed by atoms with E-state index in [0.717, 1.165) is 50.5 Å². The Morgan fingerprint density at radius 3 is 2.85 bits per heavy atom. The molecule has 0 bridgehead atoms. The summed E-state index contributed by atoms with van der Waals surface area (Å²) in [7, 11) is 0. The molecule has 1 aromatic rings. The number of Topliss-reactive ketones (excluding diaryl/α,β-unsaturated/α-hetero) is 1. The van der Waals surface area contributed by atoms with Crippen molar-refractivity contribution in [2.24, 2.45) is 0 Å². The Morgan fingerprint density at radius 1 is 1.30 bits per heavy atom. The molecular formula is C16H22N2O2. The van der Waals surface area contributed by atoms with E-state index >= 15 is 0 Å². The summed E-state index contributed by atoms with van der Waals surface area (Å²) in [6, 6.07) is 7.57. The first-order valence-electron chi connectivity index (χ1n) is 7.41. The number of nitrogens with zero attached hydrogens (tertiary/aromatic N) is 1. The minimum atomic E-state index is -0.365. The van der Waals surface area contributed by atoms with Gasteiger partial charge in [-0.05, 0) is 25.5 Å². The van der Waals surface area contributed by atoms with Gasteiger partial charge >= 0.3 is 0 Å². The first-order valence-corrected chi connectivity index (χ1v) is 7.41. The van der Waals surface area contributed by atoms with Gasteiger partial charge in [0.15, 0.2) is 5.78 Å². The normalized spacial score (nSPS) is 26.9. The molecule has 0 saturated carbocycles. The number of carbonyl (C=O) groups excluding carboxylic acids is 1. The zero-order chi connectivity index (χ0) is 14.0. The predicted octanol–water partition coefficient (Wildman–Crippen LogP) is 1.71. The lowest BCUT2D eigenvalue weighted by Gasteiger charge is -2.37. The van der Waals surface area contributed by atoms with Crippen LogP contribution >= 0.6 is 0 Å². The van der Waals surface area contributed by atoms with E-state index in [1.807, 2.05) is 24.3 Å². The molecule has 0 aliphatic carbocycles. The quantitative estimate of drug-likeness (QED) is 0.911. The molecule has 1 unspecified atom stereocenters. The minimum Gasteiger partial charge on any atom is -0.486 e. The molecule has 4 heteroatoms. The molecule has 1 atom stereocenters. The summed E-state index contributed by atoms with van der Waals surface area (Å²) in [6.07, 6.45) is 1.38. The molecule has 1 fully saturated rings. The third-order valence-corrected chi connectivity index (χ3v) is 4.24. The van der Waals surface area contributed by atoms with E-state index in [4.69, 9.17) is 4.74 Å². The predicted molar refractivity (Wildman–Crippen MR) is 78.3 cm³/mol. The SMILES string of the molecule is CC1(CCN2CCNCC2)CC(=O)c2ccccc2O1. The van der Waals surface area contributed by atoms with Crippen molar-refractivity contribution in [3.05, 3.63) is 29.8 Å². The van der Waals surface area contributed by atoms with Gasteiger partial charge in [-0.1, -0.05) is 12.1 Å². The molecule has 1 N–H and O–H groups in total. The number of fused-ring (bicyclic) bond motifs is 1. The number of hydrogen-bond acceptors (Lipinski definition) is 4. The molecule has 3 rings (SSSR count). The molecule has 2 heterocycles. The molecule has 2 aliphatic rings. The van der Waals surface area contributed by atoms with Gasteiger partial charge in [0.05, 0.1) is 12.0 Å². The average Bonchev–Trinajstić information content (AvgIpc) is 2.46. The molecule has 1 saturated heterocycles. The number of hydrogen-bond donors (Lipinski definition) is 1. The number of ketones is 1. The number of piperazine rings is 1. The van der Waals surface area contributed by atoms with Gasteiger partial charge in [-0.15, -0.1) is 0 Å². The van der Waals surface area contributed by atoms with E-state index in [-0.39, 0.29) is 11.4 Å². The van der Waals surface area contributed by atoms with Crippen LogP contribution < -0.4 is 10.1 Å². The van der Waals surface area contributed by atoms with Gasteiger partial charge < -0.3 is 15.0 Å². The largest absolute Gasteiger partial charge is 0.486 e. The number of nitrogens with one attached hydrogen (secondary N) is 1. The summed E-state index contributed by atoms with van der Waals surface area (Å²) in [4.78, 5) is 14.7. The highest BCUT2D eigenvalue weighted by molar-refractivity contribution is 6.00. The van der Waals surface area contributed by atoms with E-state index in [1.165, 1.54) is 0 Å². The third kappa shape index (κ3) is 2.86. The van der Waals surface area contributed by atoms with E-state index in [9.17, 15) is 4.79 Å².